The molecule has 0 aromatic rings. The van der Waals surface area contributed by atoms with Crippen molar-refractivity contribution in [1.82, 2.24) is 0 Å². The van der Waals surface area contributed by atoms with Gasteiger partial charge in [0.25, 0.3) is 0 Å². The first kappa shape index (κ1) is 33.6. The summed E-state index contributed by atoms with van der Waals surface area (Å²) in [6.07, 6.45) is 34.2. The SMILES string of the molecule is CCCCC/C=C/C(CCCCCCCCCCCCCCCCCCCC)COS(=O)(=O)O. The second-order valence-electron chi connectivity index (χ2n) is 10.2. The van der Waals surface area contributed by atoms with E-state index >= 15 is 0 Å². The average molecular weight is 503 g/mol. The van der Waals surface area contributed by atoms with Crippen molar-refractivity contribution < 1.29 is 17.2 Å². The van der Waals surface area contributed by atoms with Crippen LogP contribution in [-0.2, 0) is 14.6 Å². The van der Waals surface area contributed by atoms with E-state index in [1.54, 1.807) is 0 Å². The van der Waals surface area contributed by atoms with Crippen LogP contribution in [0.4, 0.5) is 0 Å². The van der Waals surface area contributed by atoms with Gasteiger partial charge in [-0.05, 0) is 19.3 Å². The molecule has 0 saturated carbocycles. The summed E-state index contributed by atoms with van der Waals surface area (Å²) in [5.41, 5.74) is 0. The van der Waals surface area contributed by atoms with Crippen LogP contribution in [0.5, 0.6) is 0 Å². The van der Waals surface area contributed by atoms with Gasteiger partial charge in [0, 0.05) is 5.92 Å². The highest BCUT2D eigenvalue weighted by molar-refractivity contribution is 7.80. The highest BCUT2D eigenvalue weighted by atomic mass is 32.3. The summed E-state index contributed by atoms with van der Waals surface area (Å²) in [5, 5.41) is 0. The molecule has 5 heteroatoms. The van der Waals surface area contributed by atoms with Gasteiger partial charge >= 0.3 is 10.4 Å². The zero-order chi connectivity index (χ0) is 25.2. The van der Waals surface area contributed by atoms with E-state index in [4.69, 9.17) is 4.55 Å². The molecule has 1 N–H and O–H groups in total. The fourth-order valence-corrected chi connectivity index (χ4v) is 4.86. The Bertz CT molecular complexity index is 530. The van der Waals surface area contributed by atoms with Gasteiger partial charge in [0.2, 0.25) is 0 Å². The van der Waals surface area contributed by atoms with Crippen molar-refractivity contribution in [3.8, 4) is 0 Å². The third-order valence-corrected chi connectivity index (χ3v) is 7.18. The van der Waals surface area contributed by atoms with Gasteiger partial charge in [0.15, 0.2) is 0 Å². The van der Waals surface area contributed by atoms with Gasteiger partial charge in [-0.2, -0.15) is 8.42 Å². The molecule has 1 atom stereocenters. The summed E-state index contributed by atoms with van der Waals surface area (Å²) >= 11 is 0. The summed E-state index contributed by atoms with van der Waals surface area (Å²) in [7, 11) is -4.36. The van der Waals surface area contributed by atoms with Crippen LogP contribution in [0.15, 0.2) is 12.2 Å². The Balaban J connectivity index is 3.58. The van der Waals surface area contributed by atoms with Crippen LogP contribution in [0.1, 0.15) is 162 Å². The zero-order valence-corrected chi connectivity index (χ0v) is 23.6. The normalized spacial score (nSPS) is 13.1. The molecule has 0 aromatic heterocycles. The quantitative estimate of drug-likeness (QED) is 0.0689. The molecule has 0 aliphatic rings. The van der Waals surface area contributed by atoms with Crippen molar-refractivity contribution >= 4 is 10.4 Å². The molecule has 0 aliphatic heterocycles. The van der Waals surface area contributed by atoms with Gasteiger partial charge in [0.1, 0.15) is 0 Å². The lowest BCUT2D eigenvalue weighted by Gasteiger charge is -2.12. The van der Waals surface area contributed by atoms with Gasteiger partial charge in [-0.3, -0.25) is 4.55 Å². The minimum atomic E-state index is -4.36. The van der Waals surface area contributed by atoms with E-state index in [0.29, 0.717) is 0 Å². The van der Waals surface area contributed by atoms with Crippen molar-refractivity contribution in [2.45, 2.75) is 162 Å². The topological polar surface area (TPSA) is 63.6 Å². The third-order valence-electron chi connectivity index (χ3n) is 6.74. The zero-order valence-electron chi connectivity index (χ0n) is 22.8. The molecular formula is C29H58O4S. The van der Waals surface area contributed by atoms with Crippen molar-refractivity contribution in [3.63, 3.8) is 0 Å². The average Bonchev–Trinajstić information content (AvgIpc) is 2.80. The van der Waals surface area contributed by atoms with Gasteiger partial charge in [0.05, 0.1) is 6.61 Å². The highest BCUT2D eigenvalue weighted by Crippen LogP contribution is 2.17. The van der Waals surface area contributed by atoms with Crippen LogP contribution in [0.25, 0.3) is 0 Å². The Labute approximate surface area is 213 Å². The summed E-state index contributed by atoms with van der Waals surface area (Å²) in [5.74, 6) is 0.0598. The van der Waals surface area contributed by atoms with E-state index in [1.165, 1.54) is 122 Å². The number of hydrogen-bond donors (Lipinski definition) is 1. The molecule has 0 saturated heterocycles. The van der Waals surface area contributed by atoms with Crippen molar-refractivity contribution in [3.05, 3.63) is 12.2 Å². The monoisotopic (exact) mass is 502 g/mol. The van der Waals surface area contributed by atoms with E-state index in [1.807, 2.05) is 0 Å². The molecule has 4 nitrogen and oxygen atoms in total. The number of unbranched alkanes of at least 4 members (excludes halogenated alkanes) is 20. The van der Waals surface area contributed by atoms with Crippen molar-refractivity contribution in [2.75, 3.05) is 6.61 Å². The third kappa shape index (κ3) is 27.9. The predicted molar refractivity (Wildman–Crippen MR) is 148 cm³/mol. The number of allylic oxidation sites excluding steroid dienone is 1. The van der Waals surface area contributed by atoms with E-state index in [2.05, 4.69) is 30.2 Å². The van der Waals surface area contributed by atoms with Gasteiger partial charge in [-0.25, -0.2) is 4.18 Å². The fourth-order valence-electron chi connectivity index (χ4n) is 4.52. The fraction of sp³-hybridized carbons (Fsp3) is 0.931. The van der Waals surface area contributed by atoms with Crippen LogP contribution in [0.2, 0.25) is 0 Å². The highest BCUT2D eigenvalue weighted by Gasteiger charge is 2.11. The maximum Gasteiger partial charge on any atom is 0.397 e. The maximum absolute atomic E-state index is 10.9. The molecule has 34 heavy (non-hydrogen) atoms. The first-order chi connectivity index (χ1) is 16.5. The van der Waals surface area contributed by atoms with Crippen LogP contribution in [-0.4, -0.2) is 19.6 Å². The largest absolute Gasteiger partial charge is 0.397 e. The molecule has 0 heterocycles. The Kier molecular flexibility index (Phi) is 25.4. The molecule has 0 amide bonds. The van der Waals surface area contributed by atoms with E-state index in [-0.39, 0.29) is 12.5 Å². The Hall–Kier alpha value is -0.390. The Morgan fingerprint density at radius 1 is 0.618 bits per heavy atom. The number of hydrogen-bond acceptors (Lipinski definition) is 3. The second kappa shape index (κ2) is 25.7. The van der Waals surface area contributed by atoms with Crippen LogP contribution >= 0.6 is 0 Å². The van der Waals surface area contributed by atoms with Crippen LogP contribution in [0, 0.1) is 5.92 Å². The summed E-state index contributed by atoms with van der Waals surface area (Å²) < 4.78 is 35.3. The minimum Gasteiger partial charge on any atom is -0.264 e. The number of rotatable bonds is 27. The summed E-state index contributed by atoms with van der Waals surface area (Å²) in [6, 6.07) is 0. The van der Waals surface area contributed by atoms with Crippen molar-refractivity contribution in [1.29, 1.82) is 0 Å². The smallest absolute Gasteiger partial charge is 0.264 e. The van der Waals surface area contributed by atoms with Crippen LogP contribution in [0.3, 0.4) is 0 Å². The summed E-state index contributed by atoms with van der Waals surface area (Å²) in [6.45, 7) is 4.51. The second-order valence-corrected chi connectivity index (χ2v) is 11.3. The lowest BCUT2D eigenvalue weighted by molar-refractivity contribution is 0.234. The molecular weight excluding hydrogens is 444 g/mol. The lowest BCUT2D eigenvalue weighted by atomic mass is 9.99. The lowest BCUT2D eigenvalue weighted by Crippen LogP contribution is -2.12. The molecule has 204 valence electrons. The van der Waals surface area contributed by atoms with E-state index in [9.17, 15) is 8.42 Å². The molecule has 0 bridgehead atoms. The molecule has 0 aliphatic carbocycles. The molecule has 0 aromatic carbocycles. The van der Waals surface area contributed by atoms with Crippen LogP contribution < -0.4 is 0 Å². The Morgan fingerprint density at radius 2 is 1.00 bits per heavy atom. The summed E-state index contributed by atoms with van der Waals surface area (Å²) in [4.78, 5) is 0. The maximum atomic E-state index is 10.9. The van der Waals surface area contributed by atoms with E-state index < -0.39 is 10.4 Å². The van der Waals surface area contributed by atoms with E-state index in [0.717, 1.165) is 25.7 Å². The van der Waals surface area contributed by atoms with Gasteiger partial charge < -0.3 is 0 Å². The Morgan fingerprint density at radius 3 is 1.41 bits per heavy atom. The molecule has 1 unspecified atom stereocenters. The molecule has 0 fully saturated rings. The predicted octanol–water partition coefficient (Wildman–Crippen LogP) is 9.99. The molecule has 0 radical (unpaired) electrons. The van der Waals surface area contributed by atoms with Gasteiger partial charge in [-0.15, -0.1) is 0 Å². The standard InChI is InChI=1S/C29H58O4S/c1-3-5-7-9-10-11-12-13-14-15-16-17-18-19-20-21-23-25-27-29(28-33-34(30,31)32)26-24-22-8-6-4-2/h24,26,29H,3-23,25,27-28H2,1-2H3,(H,30,31,32)/b26-24+. The molecule has 0 spiro atoms. The molecule has 0 rings (SSSR count). The first-order valence-corrected chi connectivity index (χ1v) is 16.1. The van der Waals surface area contributed by atoms with Gasteiger partial charge in [-0.1, -0.05) is 154 Å². The minimum absolute atomic E-state index is 0.0437. The first-order valence-electron chi connectivity index (χ1n) is 14.8. The van der Waals surface area contributed by atoms with Crippen molar-refractivity contribution in [2.24, 2.45) is 5.92 Å².